The van der Waals surface area contributed by atoms with Gasteiger partial charge < -0.3 is 10.2 Å². The van der Waals surface area contributed by atoms with E-state index in [2.05, 4.69) is 9.71 Å². The Morgan fingerprint density at radius 3 is 2.72 bits per heavy atom. The van der Waals surface area contributed by atoms with E-state index in [1.807, 2.05) is 0 Å². The second kappa shape index (κ2) is 4.79. The van der Waals surface area contributed by atoms with Crippen molar-refractivity contribution in [1.29, 1.82) is 0 Å². The highest BCUT2D eigenvalue weighted by molar-refractivity contribution is 7.89. The quantitative estimate of drug-likeness (QED) is 0.870. The summed E-state index contributed by atoms with van der Waals surface area (Å²) in [7, 11) is -3.63. The largest absolute Gasteiger partial charge is 0.468 e. The number of hydrogen-bond acceptors (Lipinski definition) is 5. The zero-order valence-electron chi connectivity index (χ0n) is 9.70. The SMILES string of the molecule is CC(NS(=O)(=O)c1ccc(N)nc1)c1ccco1. The van der Waals surface area contributed by atoms with Crippen molar-refractivity contribution in [3.8, 4) is 0 Å². The molecule has 0 bridgehead atoms. The molecule has 0 amide bonds. The maximum atomic E-state index is 12.0. The van der Waals surface area contributed by atoms with E-state index >= 15 is 0 Å². The Morgan fingerprint density at radius 1 is 1.39 bits per heavy atom. The number of nitrogen functional groups attached to an aromatic ring is 1. The number of hydrogen-bond donors (Lipinski definition) is 2. The van der Waals surface area contributed by atoms with Gasteiger partial charge in [0.25, 0.3) is 0 Å². The Kier molecular flexibility index (Phi) is 3.35. The van der Waals surface area contributed by atoms with Crippen LogP contribution in [-0.2, 0) is 10.0 Å². The maximum absolute atomic E-state index is 12.0. The molecule has 2 aromatic heterocycles. The number of nitrogens with two attached hydrogens (primary N) is 1. The Morgan fingerprint density at radius 2 is 2.17 bits per heavy atom. The van der Waals surface area contributed by atoms with E-state index in [4.69, 9.17) is 10.2 Å². The molecule has 96 valence electrons. The second-order valence-corrected chi connectivity index (χ2v) is 5.49. The van der Waals surface area contributed by atoms with E-state index < -0.39 is 16.1 Å². The summed E-state index contributed by atoms with van der Waals surface area (Å²) in [6.07, 6.45) is 2.71. The van der Waals surface area contributed by atoms with Crippen molar-refractivity contribution in [3.05, 3.63) is 42.5 Å². The van der Waals surface area contributed by atoms with Crippen molar-refractivity contribution in [2.45, 2.75) is 17.9 Å². The molecule has 6 nitrogen and oxygen atoms in total. The van der Waals surface area contributed by atoms with Crippen LogP contribution in [0.3, 0.4) is 0 Å². The summed E-state index contributed by atoms with van der Waals surface area (Å²) >= 11 is 0. The van der Waals surface area contributed by atoms with E-state index in [9.17, 15) is 8.42 Å². The van der Waals surface area contributed by atoms with Crippen LogP contribution >= 0.6 is 0 Å². The lowest BCUT2D eigenvalue weighted by molar-refractivity contribution is 0.459. The predicted molar refractivity (Wildman–Crippen MR) is 66.1 cm³/mol. The minimum atomic E-state index is -3.63. The Labute approximate surface area is 105 Å². The normalized spacial score (nSPS) is 13.4. The summed E-state index contributed by atoms with van der Waals surface area (Å²) in [6, 6.07) is 5.79. The molecule has 0 radical (unpaired) electrons. The van der Waals surface area contributed by atoms with Gasteiger partial charge in [0.15, 0.2) is 0 Å². The Hall–Kier alpha value is -1.86. The summed E-state index contributed by atoms with van der Waals surface area (Å²) < 4.78 is 31.7. The van der Waals surface area contributed by atoms with Gasteiger partial charge in [0.1, 0.15) is 16.5 Å². The lowest BCUT2D eigenvalue weighted by Crippen LogP contribution is -2.26. The molecule has 18 heavy (non-hydrogen) atoms. The van der Waals surface area contributed by atoms with Gasteiger partial charge in [-0.2, -0.15) is 0 Å². The lowest BCUT2D eigenvalue weighted by atomic mass is 10.3. The molecule has 0 saturated heterocycles. The molecule has 0 aliphatic carbocycles. The molecule has 2 rings (SSSR count). The first kappa shape index (κ1) is 12.6. The van der Waals surface area contributed by atoms with Gasteiger partial charge in [-0.05, 0) is 31.2 Å². The highest BCUT2D eigenvalue weighted by atomic mass is 32.2. The zero-order chi connectivity index (χ0) is 13.2. The molecule has 0 fully saturated rings. The van der Waals surface area contributed by atoms with E-state index in [-0.39, 0.29) is 10.7 Å². The fourth-order valence-electron chi connectivity index (χ4n) is 1.45. The van der Waals surface area contributed by atoms with Crippen LogP contribution in [0.15, 0.2) is 46.0 Å². The van der Waals surface area contributed by atoms with Crippen LogP contribution in [0.5, 0.6) is 0 Å². The van der Waals surface area contributed by atoms with Gasteiger partial charge in [0, 0.05) is 6.20 Å². The monoisotopic (exact) mass is 267 g/mol. The third kappa shape index (κ3) is 2.69. The third-order valence-corrected chi connectivity index (χ3v) is 3.90. The van der Waals surface area contributed by atoms with Crippen LogP contribution in [-0.4, -0.2) is 13.4 Å². The highest BCUT2D eigenvalue weighted by Crippen LogP contribution is 2.17. The number of nitrogens with zero attached hydrogens (tertiary/aromatic N) is 1. The smallest absolute Gasteiger partial charge is 0.242 e. The van der Waals surface area contributed by atoms with Crippen LogP contribution in [0.4, 0.5) is 5.82 Å². The number of aromatic nitrogens is 1. The molecule has 2 heterocycles. The molecule has 0 aliphatic heterocycles. The van der Waals surface area contributed by atoms with E-state index in [1.54, 1.807) is 19.1 Å². The molecule has 0 saturated carbocycles. The first-order valence-electron chi connectivity index (χ1n) is 5.26. The summed E-state index contributed by atoms with van der Waals surface area (Å²) in [6.45, 7) is 1.70. The van der Waals surface area contributed by atoms with Gasteiger partial charge in [0.2, 0.25) is 10.0 Å². The Bertz CT molecular complexity index is 605. The molecule has 2 aromatic rings. The van der Waals surface area contributed by atoms with Crippen molar-refractivity contribution in [2.75, 3.05) is 5.73 Å². The molecule has 1 atom stereocenters. The zero-order valence-corrected chi connectivity index (χ0v) is 10.5. The fourth-order valence-corrected chi connectivity index (χ4v) is 2.60. The first-order valence-corrected chi connectivity index (χ1v) is 6.74. The minimum absolute atomic E-state index is 0.0649. The lowest BCUT2D eigenvalue weighted by Gasteiger charge is -2.11. The van der Waals surface area contributed by atoms with Gasteiger partial charge in [-0.15, -0.1) is 0 Å². The number of anilines is 1. The molecule has 0 aliphatic rings. The van der Waals surface area contributed by atoms with Gasteiger partial charge in [-0.3, -0.25) is 0 Å². The summed E-state index contributed by atoms with van der Waals surface area (Å²) in [5, 5.41) is 0. The molecule has 0 spiro atoms. The van der Waals surface area contributed by atoms with Gasteiger partial charge in [-0.1, -0.05) is 0 Å². The number of sulfonamides is 1. The molecular weight excluding hydrogens is 254 g/mol. The van der Waals surface area contributed by atoms with E-state index in [0.717, 1.165) is 0 Å². The van der Waals surface area contributed by atoms with Crippen LogP contribution in [0, 0.1) is 0 Å². The summed E-state index contributed by atoms with van der Waals surface area (Å²) in [5.74, 6) is 0.815. The van der Waals surface area contributed by atoms with Crippen molar-refractivity contribution < 1.29 is 12.8 Å². The van der Waals surface area contributed by atoms with Crippen LogP contribution < -0.4 is 10.5 Å². The van der Waals surface area contributed by atoms with E-state index in [0.29, 0.717) is 5.76 Å². The van der Waals surface area contributed by atoms with Crippen molar-refractivity contribution >= 4 is 15.8 Å². The number of nitrogens with one attached hydrogen (secondary N) is 1. The van der Waals surface area contributed by atoms with Gasteiger partial charge >= 0.3 is 0 Å². The summed E-state index contributed by atoms with van der Waals surface area (Å²) in [5.41, 5.74) is 5.41. The van der Waals surface area contributed by atoms with Crippen molar-refractivity contribution in [3.63, 3.8) is 0 Å². The molecular formula is C11H13N3O3S. The maximum Gasteiger partial charge on any atom is 0.242 e. The van der Waals surface area contributed by atoms with Crippen LogP contribution in [0.25, 0.3) is 0 Å². The Balaban J connectivity index is 2.20. The minimum Gasteiger partial charge on any atom is -0.468 e. The standard InChI is InChI=1S/C11H13N3O3S/c1-8(10-3-2-6-17-10)14-18(15,16)9-4-5-11(12)13-7-9/h2-8,14H,1H3,(H2,12,13). The molecule has 0 aromatic carbocycles. The first-order chi connectivity index (χ1) is 8.49. The highest BCUT2D eigenvalue weighted by Gasteiger charge is 2.19. The van der Waals surface area contributed by atoms with Gasteiger partial charge in [-0.25, -0.2) is 18.1 Å². The average Bonchev–Trinajstić information content (AvgIpc) is 2.82. The average molecular weight is 267 g/mol. The fraction of sp³-hybridized carbons (Fsp3) is 0.182. The third-order valence-electron chi connectivity index (χ3n) is 2.37. The number of pyridine rings is 1. The molecule has 3 N–H and O–H groups in total. The van der Waals surface area contributed by atoms with Crippen LogP contribution in [0.2, 0.25) is 0 Å². The predicted octanol–water partition coefficient (Wildman–Crippen LogP) is 1.30. The van der Waals surface area contributed by atoms with E-state index in [1.165, 1.54) is 24.6 Å². The van der Waals surface area contributed by atoms with Crippen molar-refractivity contribution in [1.82, 2.24) is 9.71 Å². The summed E-state index contributed by atoms with van der Waals surface area (Å²) in [4.78, 5) is 3.82. The second-order valence-electron chi connectivity index (χ2n) is 3.78. The number of rotatable bonds is 4. The van der Waals surface area contributed by atoms with Crippen LogP contribution in [0.1, 0.15) is 18.7 Å². The number of furan rings is 1. The topological polar surface area (TPSA) is 98.2 Å². The molecule has 7 heteroatoms. The van der Waals surface area contributed by atoms with Gasteiger partial charge in [0.05, 0.1) is 12.3 Å². The van der Waals surface area contributed by atoms with Crippen molar-refractivity contribution in [2.24, 2.45) is 0 Å². The molecule has 1 unspecified atom stereocenters.